The van der Waals surface area contributed by atoms with Gasteiger partial charge in [-0.15, -0.1) is 12.4 Å². The molecule has 1 aliphatic carbocycles. The van der Waals surface area contributed by atoms with Crippen molar-refractivity contribution >= 4 is 23.9 Å². The Labute approximate surface area is 193 Å². The summed E-state index contributed by atoms with van der Waals surface area (Å²) in [5.41, 5.74) is 9.45. The Balaban J connectivity index is 0.00000289. The number of phenols is 2. The zero-order chi connectivity index (χ0) is 22.0. The molecule has 1 saturated carbocycles. The minimum absolute atomic E-state index is 0. The maximum atomic E-state index is 10.6. The molecular weight excluding hydrogens is 430 g/mol. The van der Waals surface area contributed by atoms with Crippen LogP contribution in [0.2, 0.25) is 0 Å². The number of aliphatic hydroxyl groups is 1. The molecule has 0 unspecified atom stereocenters. The number of halogens is 1. The van der Waals surface area contributed by atoms with Gasteiger partial charge in [0.25, 0.3) is 0 Å². The Morgan fingerprint density at radius 3 is 2.56 bits per heavy atom. The van der Waals surface area contributed by atoms with Gasteiger partial charge in [-0.3, -0.25) is 0 Å². The molecule has 7 nitrogen and oxygen atoms in total. The van der Waals surface area contributed by atoms with Crippen molar-refractivity contribution in [2.24, 2.45) is 5.92 Å². The van der Waals surface area contributed by atoms with Crippen LogP contribution in [0, 0.1) is 5.92 Å². The van der Waals surface area contributed by atoms with Crippen LogP contribution in [-0.4, -0.2) is 33.5 Å². The number of aromatic hydroxyl groups is 2. The summed E-state index contributed by atoms with van der Waals surface area (Å²) in [6.07, 6.45) is 2.31. The molecular formula is C24H28ClN3O4. The molecule has 0 bridgehead atoms. The van der Waals surface area contributed by atoms with E-state index in [9.17, 15) is 15.3 Å². The number of nitrogens with one attached hydrogen (secondary N) is 1. The van der Waals surface area contributed by atoms with E-state index in [1.807, 2.05) is 13.0 Å². The summed E-state index contributed by atoms with van der Waals surface area (Å²) in [5, 5.41) is 34.0. The van der Waals surface area contributed by atoms with Crippen LogP contribution in [0.5, 0.6) is 17.2 Å². The summed E-state index contributed by atoms with van der Waals surface area (Å²) >= 11 is 0. The maximum Gasteiger partial charge on any atom is 0.139 e. The number of phenolic OH excluding ortho intramolecular Hbond substituents is 2. The van der Waals surface area contributed by atoms with Crippen molar-refractivity contribution in [3.05, 3.63) is 48.0 Å². The SMILES string of the molecule is CCNc1ccc(-c2cc(-c3c(O)cccc3OCC3CC3)nc(N)c2CO)cc1O.Cl. The fraction of sp³-hybridized carbons (Fsp3) is 0.292. The molecule has 0 amide bonds. The third-order valence-corrected chi connectivity index (χ3v) is 5.42. The van der Waals surface area contributed by atoms with Crippen LogP contribution in [0.25, 0.3) is 22.4 Å². The van der Waals surface area contributed by atoms with Gasteiger partial charge in [-0.2, -0.15) is 0 Å². The molecule has 0 radical (unpaired) electrons. The van der Waals surface area contributed by atoms with Gasteiger partial charge >= 0.3 is 0 Å². The molecule has 170 valence electrons. The summed E-state index contributed by atoms with van der Waals surface area (Å²) < 4.78 is 5.96. The molecule has 0 saturated heterocycles. The van der Waals surface area contributed by atoms with Crippen LogP contribution in [0.4, 0.5) is 11.5 Å². The minimum Gasteiger partial charge on any atom is -0.507 e. The molecule has 32 heavy (non-hydrogen) atoms. The van der Waals surface area contributed by atoms with E-state index in [1.54, 1.807) is 36.4 Å². The molecule has 0 atom stereocenters. The number of nitrogens with zero attached hydrogens (tertiary/aromatic N) is 1. The Hall–Kier alpha value is -3.16. The second-order valence-electron chi connectivity index (χ2n) is 7.74. The predicted molar refractivity (Wildman–Crippen MR) is 128 cm³/mol. The van der Waals surface area contributed by atoms with Crippen LogP contribution >= 0.6 is 12.4 Å². The van der Waals surface area contributed by atoms with Crippen molar-refractivity contribution in [1.29, 1.82) is 0 Å². The van der Waals surface area contributed by atoms with Crippen molar-refractivity contribution in [2.45, 2.75) is 26.4 Å². The Bertz CT molecular complexity index is 1100. The van der Waals surface area contributed by atoms with Gasteiger partial charge in [0.2, 0.25) is 0 Å². The zero-order valence-corrected chi connectivity index (χ0v) is 18.7. The first-order chi connectivity index (χ1) is 15.0. The normalized spacial score (nSPS) is 12.8. The third-order valence-electron chi connectivity index (χ3n) is 5.42. The van der Waals surface area contributed by atoms with Crippen molar-refractivity contribution in [1.82, 2.24) is 4.98 Å². The molecule has 8 heteroatoms. The quantitative estimate of drug-likeness (QED) is 0.315. The number of aromatic nitrogens is 1. The summed E-state index contributed by atoms with van der Waals surface area (Å²) in [6.45, 7) is 2.91. The second-order valence-corrected chi connectivity index (χ2v) is 7.74. The Morgan fingerprint density at radius 2 is 1.91 bits per heavy atom. The highest BCUT2D eigenvalue weighted by Gasteiger charge is 2.24. The minimum atomic E-state index is -0.310. The van der Waals surface area contributed by atoms with Crippen molar-refractivity contribution < 1.29 is 20.1 Å². The van der Waals surface area contributed by atoms with E-state index in [0.29, 0.717) is 58.5 Å². The van der Waals surface area contributed by atoms with Gasteiger partial charge in [-0.25, -0.2) is 4.98 Å². The standard InChI is InChI=1S/C24H27N3O4.ClH/c1-2-26-18-9-8-15(10-21(18)30)16-11-19(27-24(25)17(16)12-28)23-20(29)4-3-5-22(23)31-13-14-6-7-14;/h3-5,8-11,14,26,28-30H,2,6-7,12-13H2,1H3,(H2,25,27);1H. The molecule has 1 aliphatic rings. The lowest BCUT2D eigenvalue weighted by atomic mass is 9.97. The van der Waals surface area contributed by atoms with Gasteiger partial charge in [-0.1, -0.05) is 12.1 Å². The van der Waals surface area contributed by atoms with E-state index in [2.05, 4.69) is 10.3 Å². The van der Waals surface area contributed by atoms with Crippen molar-refractivity contribution in [3.63, 3.8) is 0 Å². The Morgan fingerprint density at radius 1 is 1.12 bits per heavy atom. The first kappa shape index (κ1) is 23.5. The number of nitrogen functional groups attached to an aromatic ring is 1. The Kier molecular flexibility index (Phi) is 7.33. The van der Waals surface area contributed by atoms with Crippen LogP contribution in [0.1, 0.15) is 25.3 Å². The van der Waals surface area contributed by atoms with Crippen LogP contribution in [0.3, 0.4) is 0 Å². The van der Waals surface area contributed by atoms with Gasteiger partial charge in [0.15, 0.2) is 0 Å². The van der Waals surface area contributed by atoms with Crippen molar-refractivity contribution in [3.8, 4) is 39.6 Å². The van der Waals surface area contributed by atoms with E-state index in [1.165, 1.54) is 0 Å². The molecule has 3 aromatic rings. The smallest absolute Gasteiger partial charge is 0.139 e. The number of nitrogens with two attached hydrogens (primary N) is 1. The van der Waals surface area contributed by atoms with E-state index >= 15 is 0 Å². The van der Waals surface area contributed by atoms with E-state index in [4.69, 9.17) is 10.5 Å². The highest BCUT2D eigenvalue weighted by Crippen LogP contribution is 2.42. The molecule has 2 aromatic carbocycles. The van der Waals surface area contributed by atoms with E-state index in [0.717, 1.165) is 12.8 Å². The predicted octanol–water partition coefficient (Wildman–Crippen LogP) is 4.54. The largest absolute Gasteiger partial charge is 0.507 e. The number of benzene rings is 2. The number of ether oxygens (including phenoxy) is 1. The third kappa shape index (κ3) is 4.84. The topological polar surface area (TPSA) is 121 Å². The monoisotopic (exact) mass is 457 g/mol. The van der Waals surface area contributed by atoms with Gasteiger partial charge in [-0.05, 0) is 67.1 Å². The number of rotatable bonds is 8. The number of hydrogen-bond acceptors (Lipinski definition) is 7. The molecule has 0 spiro atoms. The molecule has 6 N–H and O–H groups in total. The average Bonchev–Trinajstić information content (AvgIpc) is 3.58. The molecule has 1 aromatic heterocycles. The van der Waals surface area contributed by atoms with Gasteiger partial charge in [0.05, 0.1) is 30.2 Å². The van der Waals surface area contributed by atoms with E-state index < -0.39 is 0 Å². The van der Waals surface area contributed by atoms with E-state index in [-0.39, 0.29) is 36.3 Å². The number of pyridine rings is 1. The molecule has 0 aliphatic heterocycles. The number of aliphatic hydroxyl groups excluding tert-OH is 1. The van der Waals surface area contributed by atoms with Crippen LogP contribution in [0.15, 0.2) is 42.5 Å². The fourth-order valence-electron chi connectivity index (χ4n) is 3.57. The zero-order valence-electron chi connectivity index (χ0n) is 17.8. The summed E-state index contributed by atoms with van der Waals surface area (Å²) in [4.78, 5) is 4.44. The highest BCUT2D eigenvalue weighted by molar-refractivity contribution is 5.85. The lowest BCUT2D eigenvalue weighted by Gasteiger charge is -2.17. The molecule has 1 heterocycles. The lowest BCUT2D eigenvalue weighted by Crippen LogP contribution is -2.05. The van der Waals surface area contributed by atoms with Crippen LogP contribution < -0.4 is 15.8 Å². The highest BCUT2D eigenvalue weighted by atomic mass is 35.5. The van der Waals surface area contributed by atoms with Gasteiger partial charge in [0, 0.05) is 12.1 Å². The van der Waals surface area contributed by atoms with Gasteiger partial charge < -0.3 is 31.1 Å². The number of anilines is 2. The summed E-state index contributed by atoms with van der Waals surface area (Å²) in [5.74, 6) is 1.37. The lowest BCUT2D eigenvalue weighted by molar-refractivity contribution is 0.282. The first-order valence-corrected chi connectivity index (χ1v) is 10.4. The van der Waals surface area contributed by atoms with Gasteiger partial charge in [0.1, 0.15) is 23.1 Å². The summed E-state index contributed by atoms with van der Waals surface area (Å²) in [6, 6.07) is 12.1. The average molecular weight is 458 g/mol. The molecule has 4 rings (SSSR count). The molecule has 1 fully saturated rings. The fourth-order valence-corrected chi connectivity index (χ4v) is 3.57. The second kappa shape index (κ2) is 9.97. The number of hydrogen-bond donors (Lipinski definition) is 5. The maximum absolute atomic E-state index is 10.6. The summed E-state index contributed by atoms with van der Waals surface area (Å²) in [7, 11) is 0. The van der Waals surface area contributed by atoms with Crippen LogP contribution in [-0.2, 0) is 6.61 Å². The van der Waals surface area contributed by atoms with Crippen molar-refractivity contribution in [2.75, 3.05) is 24.2 Å². The first-order valence-electron chi connectivity index (χ1n) is 10.4.